The summed E-state index contributed by atoms with van der Waals surface area (Å²) in [6, 6.07) is 22.4. The molecule has 6 rings (SSSR count). The third-order valence-corrected chi connectivity index (χ3v) is 9.20. The summed E-state index contributed by atoms with van der Waals surface area (Å²) >= 11 is 1.63. The molecule has 8 nitrogen and oxygen atoms in total. The molecule has 0 unspecified atom stereocenters. The van der Waals surface area contributed by atoms with Crippen molar-refractivity contribution in [3.05, 3.63) is 124 Å². The van der Waals surface area contributed by atoms with Crippen LogP contribution in [0.5, 0.6) is 5.75 Å². The Morgan fingerprint density at radius 2 is 1.82 bits per heavy atom. The zero-order valence-electron chi connectivity index (χ0n) is 25.5. The summed E-state index contributed by atoms with van der Waals surface area (Å²) in [5.41, 5.74) is 8.97. The van der Waals surface area contributed by atoms with Gasteiger partial charge in [0.25, 0.3) is 0 Å². The zero-order valence-corrected chi connectivity index (χ0v) is 26.3. The topological polar surface area (TPSA) is 98.1 Å². The molecule has 1 aliphatic rings. The van der Waals surface area contributed by atoms with Gasteiger partial charge in [0.2, 0.25) is 5.91 Å². The van der Waals surface area contributed by atoms with Crippen molar-refractivity contribution in [3.63, 3.8) is 0 Å². The Kier molecular flexibility index (Phi) is 9.47. The van der Waals surface area contributed by atoms with E-state index < -0.39 is 5.92 Å². The van der Waals surface area contributed by atoms with Crippen molar-refractivity contribution in [3.8, 4) is 16.2 Å². The third kappa shape index (κ3) is 7.21. The van der Waals surface area contributed by atoms with Crippen LogP contribution in [0.15, 0.2) is 91.0 Å². The van der Waals surface area contributed by atoms with Gasteiger partial charge in [-0.1, -0.05) is 66.2 Å². The van der Waals surface area contributed by atoms with Crippen molar-refractivity contribution in [2.75, 3.05) is 13.7 Å². The lowest BCUT2D eigenvalue weighted by molar-refractivity contribution is -0.124. The molecule has 3 heterocycles. The number of nitrogens with zero attached hydrogens (tertiary/aromatic N) is 3. The Balaban J connectivity index is 1.12. The van der Waals surface area contributed by atoms with E-state index in [4.69, 9.17) is 4.74 Å². The summed E-state index contributed by atoms with van der Waals surface area (Å²) < 4.78 is 8.25. The number of rotatable bonds is 12. The van der Waals surface area contributed by atoms with E-state index in [-0.39, 0.29) is 24.2 Å². The van der Waals surface area contributed by atoms with Crippen molar-refractivity contribution in [1.29, 1.82) is 0 Å². The molecular weight excluding hydrogens is 582 g/mol. The summed E-state index contributed by atoms with van der Waals surface area (Å²) in [7, 11) is 1.62. The molecule has 0 radical (unpaired) electrons. The van der Waals surface area contributed by atoms with E-state index in [0.29, 0.717) is 30.9 Å². The van der Waals surface area contributed by atoms with Crippen LogP contribution in [0.2, 0.25) is 0 Å². The number of hydrogen-bond acceptors (Lipinski definition) is 7. The quantitative estimate of drug-likeness (QED) is 0.163. The second-order valence-electron chi connectivity index (χ2n) is 11.5. The number of carbonyl (C=O) groups excluding carboxylic acids is 2. The molecule has 2 N–H and O–H groups in total. The van der Waals surface area contributed by atoms with Gasteiger partial charge < -0.3 is 19.9 Å². The van der Waals surface area contributed by atoms with Crippen molar-refractivity contribution < 1.29 is 14.3 Å². The summed E-state index contributed by atoms with van der Waals surface area (Å²) in [4.78, 5) is 36.2. The Hall–Kier alpha value is -4.60. The Morgan fingerprint density at radius 1 is 1.02 bits per heavy atom. The second-order valence-corrected chi connectivity index (χ2v) is 12.4. The lowest BCUT2D eigenvalue weighted by Gasteiger charge is -2.28. The molecule has 0 saturated heterocycles. The second kappa shape index (κ2) is 14.0. The van der Waals surface area contributed by atoms with Gasteiger partial charge in [-0.15, -0.1) is 11.3 Å². The average molecular weight is 620 g/mol. The van der Waals surface area contributed by atoms with Gasteiger partial charge in [0, 0.05) is 62.9 Å². The third-order valence-electron chi connectivity index (χ3n) is 8.38. The molecule has 9 heteroatoms. The molecule has 0 bridgehead atoms. The number of benzene rings is 3. The molecule has 0 spiro atoms. The van der Waals surface area contributed by atoms with Crippen molar-refractivity contribution in [1.82, 2.24) is 25.2 Å². The van der Waals surface area contributed by atoms with E-state index in [2.05, 4.69) is 49.4 Å². The number of imidazole rings is 1. The van der Waals surface area contributed by atoms with Gasteiger partial charge in [0.15, 0.2) is 5.78 Å². The summed E-state index contributed by atoms with van der Waals surface area (Å²) in [6.07, 6.45) is 7.03. The predicted octanol–water partition coefficient (Wildman–Crippen LogP) is 6.15. The maximum absolute atomic E-state index is 13.7. The van der Waals surface area contributed by atoms with E-state index in [1.165, 1.54) is 11.1 Å². The fraction of sp³-hybridized carbons (Fsp3) is 0.278. The van der Waals surface area contributed by atoms with Crippen LogP contribution < -0.4 is 15.4 Å². The molecule has 0 saturated carbocycles. The Morgan fingerprint density at radius 3 is 2.58 bits per heavy atom. The largest absolute Gasteiger partial charge is 0.492 e. The molecule has 1 aliphatic heterocycles. The smallest absolute Gasteiger partial charge is 0.223 e. The van der Waals surface area contributed by atoms with E-state index in [0.717, 1.165) is 40.2 Å². The molecule has 0 fully saturated rings. The number of fused-ring (bicyclic) bond motifs is 1. The highest BCUT2D eigenvalue weighted by atomic mass is 32.1. The van der Waals surface area contributed by atoms with Crippen LogP contribution in [0.4, 0.5) is 0 Å². The minimum Gasteiger partial charge on any atom is -0.492 e. The molecular formula is C36H37N5O3S. The number of thiazole rings is 1. The predicted molar refractivity (Wildman–Crippen MR) is 176 cm³/mol. The van der Waals surface area contributed by atoms with E-state index in [9.17, 15) is 9.59 Å². The van der Waals surface area contributed by atoms with Gasteiger partial charge in [-0.05, 0) is 36.1 Å². The Bertz CT molecular complexity index is 1750. The van der Waals surface area contributed by atoms with E-state index in [1.54, 1.807) is 18.4 Å². The monoisotopic (exact) mass is 619 g/mol. The van der Waals surface area contributed by atoms with Crippen LogP contribution in [0.1, 0.15) is 57.2 Å². The average Bonchev–Trinajstić information content (AvgIpc) is 3.77. The SMILES string of the molecule is CNC(=O)[C@@H](CC(=O)c1cccc2c1OCC[C@H]2NCc1cncn1Cc1ccc(-c2cncs2)cc1)Cc1ccc(C)cc1. The number of hydrogen-bond donors (Lipinski definition) is 2. The maximum Gasteiger partial charge on any atom is 0.223 e. The number of ether oxygens (including phenoxy) is 1. The van der Waals surface area contributed by atoms with Gasteiger partial charge in [-0.2, -0.15) is 0 Å². The van der Waals surface area contributed by atoms with Crippen LogP contribution in [-0.4, -0.2) is 39.9 Å². The van der Waals surface area contributed by atoms with Crippen LogP contribution in [0.25, 0.3) is 10.4 Å². The molecule has 5 aromatic rings. The molecule has 2 atom stereocenters. The van der Waals surface area contributed by atoms with Crippen LogP contribution in [0, 0.1) is 12.8 Å². The number of para-hydroxylation sites is 1. The first kappa shape index (κ1) is 30.4. The fourth-order valence-corrected chi connectivity index (χ4v) is 6.48. The minimum atomic E-state index is -0.470. The van der Waals surface area contributed by atoms with Crippen LogP contribution in [0.3, 0.4) is 0 Å². The van der Waals surface area contributed by atoms with Gasteiger partial charge in [-0.3, -0.25) is 14.6 Å². The first-order valence-electron chi connectivity index (χ1n) is 15.2. The van der Waals surface area contributed by atoms with E-state index in [1.807, 2.05) is 73.6 Å². The first-order valence-corrected chi connectivity index (χ1v) is 16.1. The van der Waals surface area contributed by atoms with Crippen molar-refractivity contribution >= 4 is 23.0 Å². The van der Waals surface area contributed by atoms with Gasteiger partial charge >= 0.3 is 0 Å². The normalized spacial score (nSPS) is 14.8. The van der Waals surface area contributed by atoms with Gasteiger partial charge in [-0.25, -0.2) is 4.98 Å². The van der Waals surface area contributed by atoms with E-state index >= 15 is 0 Å². The molecule has 45 heavy (non-hydrogen) atoms. The number of Topliss-reactive ketones (excluding diaryl/α,β-unsaturated/α-hetero) is 1. The number of aromatic nitrogens is 3. The number of aryl methyl sites for hydroxylation is 1. The Labute approximate surface area is 267 Å². The molecule has 1 amide bonds. The minimum absolute atomic E-state index is 0.0193. The van der Waals surface area contributed by atoms with Crippen LogP contribution >= 0.6 is 11.3 Å². The summed E-state index contributed by atoms with van der Waals surface area (Å²) in [5, 5.41) is 6.42. The first-order chi connectivity index (χ1) is 22.0. The highest BCUT2D eigenvalue weighted by molar-refractivity contribution is 7.13. The molecule has 230 valence electrons. The standard InChI is InChI=1S/C36H37N5O3S/c1-24-6-8-25(9-7-24)16-28(36(43)37-2)17-33(42)31-5-3-4-30-32(14-15-44-35(30)31)40-19-29-18-38-22-41(29)21-26-10-12-27(13-11-26)34-20-39-23-45-34/h3-13,18,20,22-23,28,32,40H,14-17,19,21H2,1-2H3,(H,37,43)/t28-,32-/m1/s1. The molecule has 2 aromatic heterocycles. The van der Waals surface area contributed by atoms with Gasteiger partial charge in [0.1, 0.15) is 5.75 Å². The summed E-state index contributed by atoms with van der Waals surface area (Å²) in [6.45, 7) is 3.88. The van der Waals surface area contributed by atoms with Crippen molar-refractivity contribution in [2.45, 2.75) is 45.3 Å². The van der Waals surface area contributed by atoms with Crippen molar-refractivity contribution in [2.24, 2.45) is 5.92 Å². The highest BCUT2D eigenvalue weighted by Gasteiger charge is 2.29. The number of amides is 1. The zero-order chi connectivity index (χ0) is 31.2. The lowest BCUT2D eigenvalue weighted by Crippen LogP contribution is -2.31. The lowest BCUT2D eigenvalue weighted by atomic mass is 9.89. The number of ketones is 1. The highest BCUT2D eigenvalue weighted by Crippen LogP contribution is 2.36. The van der Waals surface area contributed by atoms with Crippen LogP contribution in [-0.2, 0) is 24.3 Å². The molecule has 3 aromatic carbocycles. The maximum atomic E-state index is 13.7. The fourth-order valence-electron chi connectivity index (χ4n) is 5.86. The number of nitrogens with one attached hydrogen (secondary N) is 2. The summed E-state index contributed by atoms with van der Waals surface area (Å²) in [5.74, 6) is -0.0799. The number of carbonyl (C=O) groups is 2. The molecule has 0 aliphatic carbocycles. The van der Waals surface area contributed by atoms with Gasteiger partial charge in [0.05, 0.1) is 34.6 Å².